The van der Waals surface area contributed by atoms with Crippen molar-refractivity contribution in [2.75, 3.05) is 6.54 Å². The van der Waals surface area contributed by atoms with Crippen molar-refractivity contribution in [2.45, 2.75) is 40.1 Å². The molecule has 1 aromatic rings. The molecule has 0 spiro atoms. The fourth-order valence-electron chi connectivity index (χ4n) is 1.99. The van der Waals surface area contributed by atoms with Crippen LogP contribution in [0.15, 0.2) is 24.3 Å². The molecule has 1 N–H and O–H groups in total. The Morgan fingerprint density at radius 3 is 2.00 bits per heavy atom. The number of hydrogen-bond donors (Lipinski definition) is 1. The Hall–Kier alpha value is -1.23. The molecule has 0 saturated carbocycles. The molecule has 108 valence electrons. The van der Waals surface area contributed by atoms with Crippen LogP contribution in [0.2, 0.25) is 0 Å². The average molecular weight is 275 g/mol. The van der Waals surface area contributed by atoms with Gasteiger partial charge in [-0.2, -0.15) is 0 Å². The summed E-state index contributed by atoms with van der Waals surface area (Å²) < 4.78 is 40.1. The maximum atomic E-state index is 12.1. The second-order valence-corrected chi connectivity index (χ2v) is 5.47. The quantitative estimate of drug-likeness (QED) is 0.885. The first kappa shape index (κ1) is 15.8. The first-order chi connectivity index (χ1) is 8.63. The summed E-state index contributed by atoms with van der Waals surface area (Å²) in [7, 11) is 0. The lowest BCUT2D eigenvalue weighted by Gasteiger charge is -2.32. The van der Waals surface area contributed by atoms with E-state index in [4.69, 9.17) is 0 Å². The second-order valence-electron chi connectivity index (χ2n) is 5.47. The Labute approximate surface area is 112 Å². The van der Waals surface area contributed by atoms with E-state index in [1.165, 1.54) is 12.1 Å². The van der Waals surface area contributed by atoms with Gasteiger partial charge < -0.3 is 10.1 Å². The van der Waals surface area contributed by atoms with Gasteiger partial charge in [-0.3, -0.25) is 0 Å². The highest BCUT2D eigenvalue weighted by Crippen LogP contribution is 2.33. The smallest absolute Gasteiger partial charge is 0.406 e. The van der Waals surface area contributed by atoms with Crippen molar-refractivity contribution in [1.29, 1.82) is 0 Å². The molecule has 0 saturated heterocycles. The molecule has 19 heavy (non-hydrogen) atoms. The van der Waals surface area contributed by atoms with E-state index in [1.807, 2.05) is 6.92 Å². The molecule has 1 unspecified atom stereocenters. The van der Waals surface area contributed by atoms with Gasteiger partial charge in [0.05, 0.1) is 0 Å². The number of nitrogens with one attached hydrogen (secondary N) is 1. The summed E-state index contributed by atoms with van der Waals surface area (Å²) in [5, 5.41) is 3.34. The van der Waals surface area contributed by atoms with Crippen LogP contribution >= 0.6 is 0 Å². The third kappa shape index (κ3) is 5.11. The van der Waals surface area contributed by atoms with Crippen LogP contribution in [0, 0.1) is 5.41 Å². The zero-order chi connectivity index (χ0) is 14.7. The molecule has 1 aromatic carbocycles. The van der Waals surface area contributed by atoms with Gasteiger partial charge in [0.2, 0.25) is 0 Å². The van der Waals surface area contributed by atoms with E-state index in [2.05, 4.69) is 30.8 Å². The first-order valence-corrected chi connectivity index (χ1v) is 6.22. The van der Waals surface area contributed by atoms with Crippen molar-refractivity contribution in [2.24, 2.45) is 5.41 Å². The number of hydrogen-bond acceptors (Lipinski definition) is 2. The molecule has 0 amide bonds. The Morgan fingerprint density at radius 2 is 1.63 bits per heavy atom. The number of alkyl halides is 3. The molecule has 1 atom stereocenters. The minimum Gasteiger partial charge on any atom is -0.406 e. The Kier molecular flexibility index (Phi) is 4.85. The highest BCUT2D eigenvalue weighted by molar-refractivity contribution is 5.30. The van der Waals surface area contributed by atoms with Gasteiger partial charge >= 0.3 is 6.36 Å². The summed E-state index contributed by atoms with van der Waals surface area (Å²) in [6.07, 6.45) is -4.65. The fraction of sp³-hybridized carbons (Fsp3) is 0.571. The molecule has 2 nitrogen and oxygen atoms in total. The lowest BCUT2D eigenvalue weighted by molar-refractivity contribution is -0.274. The molecule has 0 aliphatic heterocycles. The van der Waals surface area contributed by atoms with Crippen LogP contribution in [0.25, 0.3) is 0 Å². The van der Waals surface area contributed by atoms with E-state index in [0.29, 0.717) is 0 Å². The van der Waals surface area contributed by atoms with Gasteiger partial charge in [-0.1, -0.05) is 39.8 Å². The summed E-state index contributed by atoms with van der Waals surface area (Å²) in [5.41, 5.74) is 0.923. The molecule has 0 bridgehead atoms. The predicted molar refractivity (Wildman–Crippen MR) is 69.0 cm³/mol. The lowest BCUT2D eigenvalue weighted by atomic mass is 9.82. The molecule has 0 aliphatic rings. The number of halogens is 3. The molecule has 1 rings (SSSR count). The van der Waals surface area contributed by atoms with E-state index in [1.54, 1.807) is 12.1 Å². The number of rotatable bonds is 4. The summed E-state index contributed by atoms with van der Waals surface area (Å²) in [5.74, 6) is -0.194. The molecule has 5 heteroatoms. The molecule has 0 fully saturated rings. The molecular weight excluding hydrogens is 255 g/mol. The van der Waals surface area contributed by atoms with E-state index in [0.717, 1.165) is 12.1 Å². The maximum absolute atomic E-state index is 12.1. The van der Waals surface area contributed by atoms with E-state index in [9.17, 15) is 13.2 Å². The summed E-state index contributed by atoms with van der Waals surface area (Å²) in [4.78, 5) is 0. The van der Waals surface area contributed by atoms with E-state index < -0.39 is 6.36 Å². The Bertz CT molecular complexity index is 393. The SMILES string of the molecule is CCNC(c1ccc(OC(F)(F)F)cc1)C(C)(C)C. The summed E-state index contributed by atoms with van der Waals surface area (Å²) in [6.45, 7) is 9.05. The van der Waals surface area contributed by atoms with Crippen LogP contribution in [0.1, 0.15) is 39.3 Å². The average Bonchev–Trinajstić information content (AvgIpc) is 2.23. The molecule has 0 heterocycles. The number of ether oxygens (including phenoxy) is 1. The highest BCUT2D eigenvalue weighted by atomic mass is 19.4. The van der Waals surface area contributed by atoms with Crippen molar-refractivity contribution in [3.8, 4) is 5.75 Å². The van der Waals surface area contributed by atoms with Crippen molar-refractivity contribution >= 4 is 0 Å². The Balaban J connectivity index is 2.90. The molecular formula is C14H20F3NO. The minimum absolute atomic E-state index is 0.0254. The maximum Gasteiger partial charge on any atom is 0.573 e. The summed E-state index contributed by atoms with van der Waals surface area (Å²) >= 11 is 0. The van der Waals surface area contributed by atoms with Crippen molar-refractivity contribution in [3.63, 3.8) is 0 Å². The van der Waals surface area contributed by atoms with Crippen LogP contribution in [0.3, 0.4) is 0 Å². The minimum atomic E-state index is -4.65. The molecule has 0 aromatic heterocycles. The van der Waals surface area contributed by atoms with Gasteiger partial charge in [-0.05, 0) is 29.7 Å². The van der Waals surface area contributed by atoms with Crippen molar-refractivity contribution in [3.05, 3.63) is 29.8 Å². The third-order valence-corrected chi connectivity index (χ3v) is 2.72. The summed E-state index contributed by atoms with van der Waals surface area (Å²) in [6, 6.07) is 6.11. The zero-order valence-electron chi connectivity index (χ0n) is 11.6. The number of benzene rings is 1. The Morgan fingerprint density at radius 1 is 1.11 bits per heavy atom. The normalized spacial score (nSPS) is 14.3. The van der Waals surface area contributed by atoms with Gasteiger partial charge in [0.1, 0.15) is 5.75 Å². The van der Waals surface area contributed by atoms with Crippen LogP contribution in [-0.2, 0) is 0 Å². The van der Waals surface area contributed by atoms with Gasteiger partial charge in [0.25, 0.3) is 0 Å². The van der Waals surface area contributed by atoms with Crippen LogP contribution in [0.4, 0.5) is 13.2 Å². The van der Waals surface area contributed by atoms with Crippen LogP contribution in [-0.4, -0.2) is 12.9 Å². The highest BCUT2D eigenvalue weighted by Gasteiger charge is 2.31. The van der Waals surface area contributed by atoms with Crippen molar-refractivity contribution in [1.82, 2.24) is 5.32 Å². The van der Waals surface area contributed by atoms with Gasteiger partial charge in [-0.15, -0.1) is 13.2 Å². The van der Waals surface area contributed by atoms with Crippen LogP contribution in [0.5, 0.6) is 5.75 Å². The largest absolute Gasteiger partial charge is 0.573 e. The second kappa shape index (κ2) is 5.82. The monoisotopic (exact) mass is 275 g/mol. The third-order valence-electron chi connectivity index (χ3n) is 2.72. The zero-order valence-corrected chi connectivity index (χ0v) is 11.6. The van der Waals surface area contributed by atoms with Gasteiger partial charge in [0, 0.05) is 6.04 Å². The van der Waals surface area contributed by atoms with E-state index >= 15 is 0 Å². The van der Waals surface area contributed by atoms with Crippen LogP contribution < -0.4 is 10.1 Å². The molecule has 0 aliphatic carbocycles. The molecule has 0 radical (unpaired) electrons. The van der Waals surface area contributed by atoms with Gasteiger partial charge in [-0.25, -0.2) is 0 Å². The van der Waals surface area contributed by atoms with E-state index in [-0.39, 0.29) is 17.2 Å². The fourth-order valence-corrected chi connectivity index (χ4v) is 1.99. The predicted octanol–water partition coefficient (Wildman–Crippen LogP) is 4.28. The topological polar surface area (TPSA) is 21.3 Å². The lowest BCUT2D eigenvalue weighted by Crippen LogP contribution is -2.32. The van der Waals surface area contributed by atoms with Crippen molar-refractivity contribution < 1.29 is 17.9 Å². The standard InChI is InChI=1S/C14H20F3NO/c1-5-18-12(13(2,3)4)10-6-8-11(9-7-10)19-14(15,16)17/h6-9,12,18H,5H2,1-4H3. The van der Waals surface area contributed by atoms with Gasteiger partial charge in [0.15, 0.2) is 0 Å². The first-order valence-electron chi connectivity index (χ1n) is 6.22.